The van der Waals surface area contributed by atoms with Crippen LogP contribution in [0, 0.1) is 5.82 Å². The fourth-order valence-electron chi connectivity index (χ4n) is 2.82. The summed E-state index contributed by atoms with van der Waals surface area (Å²) in [4.78, 5) is 25.8. The molecule has 0 unspecified atom stereocenters. The van der Waals surface area contributed by atoms with Crippen molar-refractivity contribution in [3.05, 3.63) is 35.8 Å². The molecule has 0 saturated carbocycles. The van der Waals surface area contributed by atoms with E-state index < -0.39 is 17.7 Å². The van der Waals surface area contributed by atoms with Crippen LogP contribution in [0.25, 0.3) is 0 Å². The van der Waals surface area contributed by atoms with Gasteiger partial charge >= 0.3 is 11.9 Å². The summed E-state index contributed by atoms with van der Waals surface area (Å²) in [6, 6.07) is 4.64. The van der Waals surface area contributed by atoms with Gasteiger partial charge in [-0.3, -0.25) is 0 Å². The molecule has 0 radical (unpaired) electrons. The minimum absolute atomic E-state index is 0.258. The maximum Gasteiger partial charge on any atom is 0.350 e. The number of rotatable bonds is 3. The quantitative estimate of drug-likeness (QED) is 0.520. The molecule has 0 aliphatic carbocycles. The third-order valence-corrected chi connectivity index (χ3v) is 3.90. The summed E-state index contributed by atoms with van der Waals surface area (Å²) in [5, 5.41) is 2.84. The van der Waals surface area contributed by atoms with Crippen LogP contribution < -0.4 is 10.2 Å². The number of carbonyl (C=O) groups is 2. The van der Waals surface area contributed by atoms with Gasteiger partial charge in [-0.25, -0.2) is 14.0 Å². The van der Waals surface area contributed by atoms with Gasteiger partial charge in [0.2, 0.25) is 0 Å². The van der Waals surface area contributed by atoms with Gasteiger partial charge in [0.1, 0.15) is 5.82 Å². The second kappa shape index (κ2) is 6.14. The Kier molecular flexibility index (Phi) is 4.17. The van der Waals surface area contributed by atoms with Crippen LogP contribution in [0.5, 0.6) is 0 Å². The van der Waals surface area contributed by atoms with E-state index in [0.717, 1.165) is 25.9 Å². The SMILES string of the molecule is CC1(C)OC(=O)C(=CNc2cccc(F)c2N2CCCC2)C(=O)O1. The van der Waals surface area contributed by atoms with Crippen molar-refractivity contribution in [3.63, 3.8) is 0 Å². The van der Waals surface area contributed by atoms with E-state index in [2.05, 4.69) is 5.32 Å². The number of anilines is 2. The maximum absolute atomic E-state index is 14.2. The van der Waals surface area contributed by atoms with Gasteiger partial charge in [-0.15, -0.1) is 0 Å². The summed E-state index contributed by atoms with van der Waals surface area (Å²) in [6.07, 6.45) is 3.21. The number of hydrogen-bond donors (Lipinski definition) is 1. The molecule has 7 heteroatoms. The van der Waals surface area contributed by atoms with E-state index in [9.17, 15) is 14.0 Å². The number of halogens is 1. The van der Waals surface area contributed by atoms with Crippen molar-refractivity contribution in [3.8, 4) is 0 Å². The summed E-state index contributed by atoms with van der Waals surface area (Å²) in [5.74, 6) is -3.19. The molecule has 128 valence electrons. The normalized spacial score (nSPS) is 19.8. The van der Waals surface area contributed by atoms with Gasteiger partial charge in [0.05, 0.1) is 11.4 Å². The van der Waals surface area contributed by atoms with E-state index in [-0.39, 0.29) is 11.4 Å². The standard InChI is InChI=1S/C17H19FN2O4/c1-17(2)23-15(21)11(16(22)24-17)10-19-13-7-5-6-12(18)14(13)20-8-3-4-9-20/h5-7,10,19H,3-4,8-9H2,1-2H3. The first kappa shape index (κ1) is 16.3. The highest BCUT2D eigenvalue weighted by molar-refractivity contribution is 6.15. The van der Waals surface area contributed by atoms with E-state index >= 15 is 0 Å². The van der Waals surface area contributed by atoms with Gasteiger partial charge in [0, 0.05) is 33.1 Å². The molecule has 0 aromatic heterocycles. The first-order chi connectivity index (χ1) is 11.4. The molecule has 0 spiro atoms. The fourth-order valence-corrected chi connectivity index (χ4v) is 2.82. The fraction of sp³-hybridized carbons (Fsp3) is 0.412. The lowest BCUT2D eigenvalue weighted by atomic mass is 10.2. The Hall–Kier alpha value is -2.57. The Labute approximate surface area is 139 Å². The van der Waals surface area contributed by atoms with Crippen LogP contribution in [0.2, 0.25) is 0 Å². The first-order valence-corrected chi connectivity index (χ1v) is 7.84. The Balaban J connectivity index is 1.85. The molecule has 1 aromatic rings. The minimum atomic E-state index is -1.29. The van der Waals surface area contributed by atoms with E-state index in [1.54, 1.807) is 12.1 Å². The summed E-state index contributed by atoms with van der Waals surface area (Å²) < 4.78 is 24.3. The maximum atomic E-state index is 14.2. The Bertz CT molecular complexity index is 687. The smallest absolute Gasteiger partial charge is 0.350 e. The van der Waals surface area contributed by atoms with Crippen molar-refractivity contribution in [2.45, 2.75) is 32.5 Å². The van der Waals surface area contributed by atoms with Gasteiger partial charge < -0.3 is 19.7 Å². The Morgan fingerprint density at radius 2 is 1.79 bits per heavy atom. The monoisotopic (exact) mass is 334 g/mol. The predicted octanol–water partition coefficient (Wildman–Crippen LogP) is 2.56. The Morgan fingerprint density at radius 3 is 2.42 bits per heavy atom. The van der Waals surface area contributed by atoms with E-state index in [4.69, 9.17) is 9.47 Å². The van der Waals surface area contributed by atoms with Crippen molar-refractivity contribution < 1.29 is 23.5 Å². The highest BCUT2D eigenvalue weighted by atomic mass is 19.1. The zero-order chi connectivity index (χ0) is 17.3. The van der Waals surface area contributed by atoms with Crippen LogP contribution in [0.4, 0.5) is 15.8 Å². The lowest BCUT2D eigenvalue weighted by Gasteiger charge is -2.29. The number of para-hydroxylation sites is 1. The third kappa shape index (κ3) is 3.20. The van der Waals surface area contributed by atoms with Crippen molar-refractivity contribution in [1.82, 2.24) is 0 Å². The number of carbonyl (C=O) groups excluding carboxylic acids is 2. The Morgan fingerprint density at radius 1 is 1.17 bits per heavy atom. The molecule has 0 bridgehead atoms. The highest BCUT2D eigenvalue weighted by Gasteiger charge is 2.39. The van der Waals surface area contributed by atoms with Gasteiger partial charge in [0.15, 0.2) is 5.57 Å². The third-order valence-electron chi connectivity index (χ3n) is 3.90. The molecule has 2 saturated heterocycles. The molecule has 0 amide bonds. The van der Waals surface area contributed by atoms with Crippen molar-refractivity contribution in [2.75, 3.05) is 23.3 Å². The number of benzene rings is 1. The average molecular weight is 334 g/mol. The van der Waals surface area contributed by atoms with E-state index in [0.29, 0.717) is 11.4 Å². The molecule has 1 aromatic carbocycles. The molecule has 2 aliphatic heterocycles. The van der Waals surface area contributed by atoms with Crippen molar-refractivity contribution in [1.29, 1.82) is 0 Å². The van der Waals surface area contributed by atoms with E-state index in [1.165, 1.54) is 26.1 Å². The first-order valence-electron chi connectivity index (χ1n) is 7.84. The number of nitrogens with one attached hydrogen (secondary N) is 1. The molecule has 2 heterocycles. The average Bonchev–Trinajstić information content (AvgIpc) is 2.99. The van der Waals surface area contributed by atoms with Gasteiger partial charge in [0.25, 0.3) is 5.79 Å². The number of nitrogens with zero attached hydrogens (tertiary/aromatic N) is 1. The topological polar surface area (TPSA) is 67.9 Å². The van der Waals surface area contributed by atoms with E-state index in [1.807, 2.05) is 4.90 Å². The second-order valence-corrected chi connectivity index (χ2v) is 6.21. The second-order valence-electron chi connectivity index (χ2n) is 6.21. The van der Waals surface area contributed by atoms with Gasteiger partial charge in [-0.1, -0.05) is 6.07 Å². The largest absolute Gasteiger partial charge is 0.419 e. The zero-order valence-corrected chi connectivity index (χ0v) is 13.6. The lowest BCUT2D eigenvalue weighted by molar-refractivity contribution is -0.222. The predicted molar refractivity (Wildman–Crippen MR) is 85.8 cm³/mol. The van der Waals surface area contributed by atoms with Crippen LogP contribution in [-0.2, 0) is 19.1 Å². The molecule has 6 nitrogen and oxygen atoms in total. The van der Waals surface area contributed by atoms with Crippen LogP contribution in [-0.4, -0.2) is 30.8 Å². The van der Waals surface area contributed by atoms with Crippen LogP contribution in [0.15, 0.2) is 30.0 Å². The molecule has 0 atom stereocenters. The van der Waals surface area contributed by atoms with Crippen LogP contribution >= 0.6 is 0 Å². The molecular formula is C17H19FN2O4. The molecule has 3 rings (SSSR count). The summed E-state index contributed by atoms with van der Waals surface area (Å²) in [6.45, 7) is 4.49. The molecule has 24 heavy (non-hydrogen) atoms. The van der Waals surface area contributed by atoms with Crippen molar-refractivity contribution >= 4 is 23.3 Å². The van der Waals surface area contributed by atoms with Crippen LogP contribution in [0.3, 0.4) is 0 Å². The number of esters is 2. The van der Waals surface area contributed by atoms with Gasteiger partial charge in [-0.2, -0.15) is 0 Å². The zero-order valence-electron chi connectivity index (χ0n) is 13.6. The highest BCUT2D eigenvalue weighted by Crippen LogP contribution is 2.32. The molecule has 2 fully saturated rings. The van der Waals surface area contributed by atoms with Crippen LogP contribution in [0.1, 0.15) is 26.7 Å². The number of hydrogen-bond acceptors (Lipinski definition) is 6. The summed E-state index contributed by atoms with van der Waals surface area (Å²) >= 11 is 0. The minimum Gasteiger partial charge on any atom is -0.419 e. The van der Waals surface area contributed by atoms with Gasteiger partial charge in [-0.05, 0) is 25.0 Å². The summed E-state index contributed by atoms with van der Waals surface area (Å²) in [5.41, 5.74) is 0.658. The number of ether oxygens (including phenoxy) is 2. The molecular weight excluding hydrogens is 315 g/mol. The van der Waals surface area contributed by atoms with Crippen molar-refractivity contribution in [2.24, 2.45) is 0 Å². The number of cyclic esters (lactones) is 2. The molecule has 1 N–H and O–H groups in total. The lowest BCUT2D eigenvalue weighted by Crippen LogP contribution is -2.42. The molecule has 2 aliphatic rings. The summed E-state index contributed by atoms with van der Waals surface area (Å²) in [7, 11) is 0.